The van der Waals surface area contributed by atoms with Gasteiger partial charge in [0.25, 0.3) is 0 Å². The van der Waals surface area contributed by atoms with Crippen LogP contribution in [0.15, 0.2) is 23.4 Å². The Bertz CT molecular complexity index is 485. The molecule has 0 aliphatic carbocycles. The lowest BCUT2D eigenvalue weighted by atomic mass is 10.1. The molecule has 1 aliphatic heterocycles. The zero-order valence-electron chi connectivity index (χ0n) is 11.9. The molecular weight excluding hydrogens is 258 g/mol. The molecule has 1 aromatic carbocycles. The molecule has 1 saturated heterocycles. The molecular formula is C14H21N3O3. The molecule has 1 fully saturated rings. The molecule has 3 N–H and O–H groups in total. The highest BCUT2D eigenvalue weighted by Crippen LogP contribution is 2.23. The first-order chi connectivity index (χ1) is 9.65. The van der Waals surface area contributed by atoms with Gasteiger partial charge in [-0.05, 0) is 31.7 Å². The molecule has 0 bridgehead atoms. The minimum absolute atomic E-state index is 0.0979. The Hall–Kier alpha value is -1.79. The molecule has 6 heteroatoms. The smallest absolute Gasteiger partial charge is 0.170 e. The third-order valence-electron chi connectivity index (χ3n) is 3.63. The summed E-state index contributed by atoms with van der Waals surface area (Å²) in [5, 5.41) is 11.8. The normalized spacial score (nSPS) is 19.6. The van der Waals surface area contributed by atoms with Gasteiger partial charge in [0.1, 0.15) is 5.75 Å². The van der Waals surface area contributed by atoms with Crippen molar-refractivity contribution in [2.45, 2.75) is 19.0 Å². The number of benzene rings is 1. The molecule has 0 amide bonds. The van der Waals surface area contributed by atoms with E-state index in [-0.39, 0.29) is 5.84 Å². The van der Waals surface area contributed by atoms with Gasteiger partial charge in [-0.25, -0.2) is 0 Å². The first-order valence-electron chi connectivity index (χ1n) is 6.58. The Morgan fingerprint density at radius 2 is 2.40 bits per heavy atom. The van der Waals surface area contributed by atoms with E-state index in [1.807, 2.05) is 12.1 Å². The summed E-state index contributed by atoms with van der Waals surface area (Å²) in [4.78, 5) is 2.24. The third-order valence-corrected chi connectivity index (χ3v) is 3.63. The number of likely N-dealkylation sites (N-methyl/N-ethyl adjacent to an activating group) is 1. The van der Waals surface area contributed by atoms with E-state index in [1.165, 1.54) is 0 Å². The van der Waals surface area contributed by atoms with Crippen LogP contribution in [0.3, 0.4) is 0 Å². The summed E-state index contributed by atoms with van der Waals surface area (Å²) >= 11 is 0. The van der Waals surface area contributed by atoms with Crippen LogP contribution in [0.5, 0.6) is 5.75 Å². The van der Waals surface area contributed by atoms with E-state index in [0.717, 1.165) is 37.5 Å². The highest BCUT2D eigenvalue weighted by atomic mass is 16.5. The van der Waals surface area contributed by atoms with Crippen molar-refractivity contribution in [3.8, 4) is 5.75 Å². The number of methoxy groups -OCH3 is 1. The molecule has 0 spiro atoms. The minimum atomic E-state index is 0.0979. The van der Waals surface area contributed by atoms with E-state index >= 15 is 0 Å². The van der Waals surface area contributed by atoms with E-state index < -0.39 is 0 Å². The minimum Gasteiger partial charge on any atom is -0.496 e. The average molecular weight is 279 g/mol. The summed E-state index contributed by atoms with van der Waals surface area (Å²) < 4.78 is 10.8. The SMILES string of the molecule is COc1ccc(/C(N)=N/O)cc1CN(C)C1CCOC1. The molecule has 0 saturated carbocycles. The zero-order chi connectivity index (χ0) is 14.5. The van der Waals surface area contributed by atoms with Crippen molar-refractivity contribution in [2.24, 2.45) is 10.9 Å². The van der Waals surface area contributed by atoms with Crippen molar-refractivity contribution in [3.05, 3.63) is 29.3 Å². The summed E-state index contributed by atoms with van der Waals surface area (Å²) in [6, 6.07) is 5.92. The van der Waals surface area contributed by atoms with Crippen LogP contribution < -0.4 is 10.5 Å². The van der Waals surface area contributed by atoms with Crippen LogP contribution in [0.2, 0.25) is 0 Å². The van der Waals surface area contributed by atoms with Gasteiger partial charge < -0.3 is 20.4 Å². The molecule has 0 aromatic heterocycles. The fourth-order valence-corrected chi connectivity index (χ4v) is 2.39. The number of amidine groups is 1. The highest BCUT2D eigenvalue weighted by Gasteiger charge is 2.21. The van der Waals surface area contributed by atoms with Crippen LogP contribution in [-0.2, 0) is 11.3 Å². The van der Waals surface area contributed by atoms with Crippen molar-refractivity contribution in [2.75, 3.05) is 27.4 Å². The van der Waals surface area contributed by atoms with Crippen molar-refractivity contribution < 1.29 is 14.7 Å². The van der Waals surface area contributed by atoms with Crippen LogP contribution in [0.4, 0.5) is 0 Å². The van der Waals surface area contributed by atoms with Crippen LogP contribution in [0.25, 0.3) is 0 Å². The van der Waals surface area contributed by atoms with Gasteiger partial charge in [0.15, 0.2) is 5.84 Å². The molecule has 6 nitrogen and oxygen atoms in total. The number of hydrogen-bond acceptors (Lipinski definition) is 5. The Morgan fingerprint density at radius 1 is 1.60 bits per heavy atom. The van der Waals surface area contributed by atoms with Crippen molar-refractivity contribution >= 4 is 5.84 Å². The van der Waals surface area contributed by atoms with Crippen molar-refractivity contribution in [1.29, 1.82) is 0 Å². The van der Waals surface area contributed by atoms with Crippen LogP contribution >= 0.6 is 0 Å². The van der Waals surface area contributed by atoms with E-state index in [2.05, 4.69) is 17.1 Å². The third kappa shape index (κ3) is 3.20. The van der Waals surface area contributed by atoms with Gasteiger partial charge in [-0.2, -0.15) is 0 Å². The number of ether oxygens (including phenoxy) is 2. The van der Waals surface area contributed by atoms with Crippen molar-refractivity contribution in [1.82, 2.24) is 4.90 Å². The number of oxime groups is 1. The fraction of sp³-hybridized carbons (Fsp3) is 0.500. The van der Waals surface area contributed by atoms with E-state index in [0.29, 0.717) is 11.6 Å². The standard InChI is InChI=1S/C14H21N3O3/c1-17(12-5-6-20-9-12)8-11-7-10(14(15)16-18)3-4-13(11)19-2/h3-4,7,12,18H,5-6,8-9H2,1-2H3,(H2,15,16). The number of nitrogens with zero attached hydrogens (tertiary/aromatic N) is 2. The summed E-state index contributed by atoms with van der Waals surface area (Å²) in [6.45, 7) is 2.30. The monoisotopic (exact) mass is 279 g/mol. The number of hydrogen-bond donors (Lipinski definition) is 2. The molecule has 20 heavy (non-hydrogen) atoms. The maximum absolute atomic E-state index is 8.76. The topological polar surface area (TPSA) is 80.3 Å². The second-order valence-corrected chi connectivity index (χ2v) is 4.94. The molecule has 0 radical (unpaired) electrons. The molecule has 1 heterocycles. The maximum atomic E-state index is 8.76. The largest absolute Gasteiger partial charge is 0.496 e. The Morgan fingerprint density at radius 3 is 3.00 bits per heavy atom. The summed E-state index contributed by atoms with van der Waals surface area (Å²) in [5.41, 5.74) is 7.32. The van der Waals surface area contributed by atoms with Gasteiger partial charge in [-0.1, -0.05) is 5.16 Å². The quantitative estimate of drug-likeness (QED) is 0.364. The summed E-state index contributed by atoms with van der Waals surface area (Å²) in [7, 11) is 3.70. The number of nitrogens with two attached hydrogens (primary N) is 1. The van der Waals surface area contributed by atoms with Gasteiger partial charge in [0, 0.05) is 30.3 Å². The summed E-state index contributed by atoms with van der Waals surface area (Å²) in [5.74, 6) is 0.894. The Labute approximate surface area is 118 Å². The lowest BCUT2D eigenvalue weighted by molar-refractivity contribution is 0.156. The lowest BCUT2D eigenvalue weighted by Gasteiger charge is -2.24. The maximum Gasteiger partial charge on any atom is 0.170 e. The fourth-order valence-electron chi connectivity index (χ4n) is 2.39. The molecule has 1 aromatic rings. The van der Waals surface area contributed by atoms with E-state index in [9.17, 15) is 0 Å². The van der Waals surface area contributed by atoms with Crippen LogP contribution in [0, 0.1) is 0 Å². The Balaban J connectivity index is 2.19. The molecule has 110 valence electrons. The second-order valence-electron chi connectivity index (χ2n) is 4.94. The lowest BCUT2D eigenvalue weighted by Crippen LogP contribution is -2.31. The van der Waals surface area contributed by atoms with Gasteiger partial charge in [0.05, 0.1) is 13.7 Å². The van der Waals surface area contributed by atoms with E-state index in [1.54, 1.807) is 13.2 Å². The van der Waals surface area contributed by atoms with Gasteiger partial charge in [-0.15, -0.1) is 0 Å². The van der Waals surface area contributed by atoms with Crippen LogP contribution in [-0.4, -0.2) is 49.4 Å². The number of rotatable bonds is 5. The molecule has 1 atom stereocenters. The second kappa shape index (κ2) is 6.58. The first-order valence-corrected chi connectivity index (χ1v) is 6.58. The predicted molar refractivity (Wildman–Crippen MR) is 76.2 cm³/mol. The van der Waals surface area contributed by atoms with Gasteiger partial charge >= 0.3 is 0 Å². The average Bonchev–Trinajstić information content (AvgIpc) is 3.00. The molecule has 2 rings (SSSR count). The first kappa shape index (κ1) is 14.6. The summed E-state index contributed by atoms with van der Waals surface area (Å²) in [6.07, 6.45) is 1.04. The van der Waals surface area contributed by atoms with Crippen molar-refractivity contribution in [3.63, 3.8) is 0 Å². The Kier molecular flexibility index (Phi) is 4.81. The highest BCUT2D eigenvalue weighted by molar-refractivity contribution is 5.97. The van der Waals surface area contributed by atoms with Gasteiger partial charge in [-0.3, -0.25) is 4.90 Å². The van der Waals surface area contributed by atoms with E-state index in [4.69, 9.17) is 20.4 Å². The van der Waals surface area contributed by atoms with Crippen LogP contribution in [0.1, 0.15) is 17.5 Å². The zero-order valence-corrected chi connectivity index (χ0v) is 11.9. The molecule has 1 aliphatic rings. The van der Waals surface area contributed by atoms with Gasteiger partial charge in [0.2, 0.25) is 0 Å². The molecule has 1 unspecified atom stereocenters. The predicted octanol–water partition coefficient (Wildman–Crippen LogP) is 1.01.